The van der Waals surface area contributed by atoms with Crippen LogP contribution in [0.2, 0.25) is 0 Å². The van der Waals surface area contributed by atoms with Gasteiger partial charge in [0.1, 0.15) is 9.84 Å². The van der Waals surface area contributed by atoms with Crippen molar-refractivity contribution in [3.8, 4) is 0 Å². The lowest BCUT2D eigenvalue weighted by Crippen LogP contribution is -2.22. The highest BCUT2D eigenvalue weighted by atomic mass is 32.2. The van der Waals surface area contributed by atoms with Gasteiger partial charge in [0.05, 0.1) is 0 Å². The second kappa shape index (κ2) is 7.92. The van der Waals surface area contributed by atoms with Crippen molar-refractivity contribution in [1.82, 2.24) is 5.32 Å². The van der Waals surface area contributed by atoms with Crippen LogP contribution in [0.15, 0.2) is 29.2 Å². The first-order chi connectivity index (χ1) is 8.98. The monoisotopic (exact) mass is 301 g/mol. The zero-order valence-electron chi connectivity index (χ0n) is 11.8. The molecule has 0 saturated carbocycles. The first-order valence-corrected chi connectivity index (χ1v) is 9.80. The molecular weight excluding hydrogens is 278 g/mol. The van der Waals surface area contributed by atoms with Crippen molar-refractivity contribution in [2.24, 2.45) is 0 Å². The summed E-state index contributed by atoms with van der Waals surface area (Å²) in [5.74, 6) is 0.260. The maximum absolute atomic E-state index is 11.2. The van der Waals surface area contributed by atoms with Crippen LogP contribution in [0.1, 0.15) is 31.4 Å². The molecule has 0 aliphatic carbocycles. The van der Waals surface area contributed by atoms with Crippen molar-refractivity contribution < 1.29 is 8.42 Å². The van der Waals surface area contributed by atoms with Crippen LogP contribution in [-0.4, -0.2) is 33.2 Å². The van der Waals surface area contributed by atoms with Gasteiger partial charge in [0.15, 0.2) is 0 Å². The fourth-order valence-corrected chi connectivity index (χ4v) is 3.47. The highest BCUT2D eigenvalue weighted by molar-refractivity contribution is 7.98. The normalized spacial score (nSPS) is 13.4. The van der Waals surface area contributed by atoms with E-state index >= 15 is 0 Å². The molecule has 0 bridgehead atoms. The van der Waals surface area contributed by atoms with Crippen LogP contribution in [0.25, 0.3) is 0 Å². The summed E-state index contributed by atoms with van der Waals surface area (Å²) in [5.41, 5.74) is 1.27. The Balaban J connectivity index is 2.76. The number of benzene rings is 1. The van der Waals surface area contributed by atoms with Gasteiger partial charge in [-0.15, -0.1) is 11.8 Å². The van der Waals surface area contributed by atoms with E-state index in [1.54, 1.807) is 11.8 Å². The molecule has 0 aliphatic heterocycles. The van der Waals surface area contributed by atoms with E-state index in [1.165, 1.54) is 16.7 Å². The number of hydrogen-bond acceptors (Lipinski definition) is 4. The second-order valence-electron chi connectivity index (χ2n) is 4.62. The largest absolute Gasteiger partial charge is 0.310 e. The molecule has 0 spiro atoms. The van der Waals surface area contributed by atoms with Gasteiger partial charge in [0.25, 0.3) is 0 Å². The number of rotatable bonds is 8. The zero-order chi connectivity index (χ0) is 14.3. The summed E-state index contributed by atoms with van der Waals surface area (Å²) < 4.78 is 22.4. The molecule has 0 heterocycles. The van der Waals surface area contributed by atoms with Gasteiger partial charge in [-0.05, 0) is 37.3 Å². The second-order valence-corrected chi connectivity index (χ2v) is 7.73. The van der Waals surface area contributed by atoms with Gasteiger partial charge in [-0.25, -0.2) is 8.42 Å². The summed E-state index contributed by atoms with van der Waals surface area (Å²) in [6.07, 6.45) is 4.90. The Labute approximate surface area is 121 Å². The fourth-order valence-electron chi connectivity index (χ4n) is 2.12. The predicted octanol–water partition coefficient (Wildman–Crippen LogP) is 2.88. The van der Waals surface area contributed by atoms with E-state index in [0.29, 0.717) is 6.42 Å². The van der Waals surface area contributed by atoms with Gasteiger partial charge >= 0.3 is 0 Å². The summed E-state index contributed by atoms with van der Waals surface area (Å²) in [5, 5.41) is 3.45. The Morgan fingerprint density at radius 2 is 2.00 bits per heavy atom. The summed E-state index contributed by atoms with van der Waals surface area (Å²) in [6.45, 7) is 2.96. The lowest BCUT2D eigenvalue weighted by atomic mass is 10.0. The Hall–Kier alpha value is -0.520. The van der Waals surface area contributed by atoms with Gasteiger partial charge in [-0.3, -0.25) is 0 Å². The van der Waals surface area contributed by atoms with E-state index in [0.717, 1.165) is 13.0 Å². The molecule has 3 nitrogen and oxygen atoms in total. The maximum atomic E-state index is 11.2. The summed E-state index contributed by atoms with van der Waals surface area (Å²) in [7, 11) is -2.87. The lowest BCUT2D eigenvalue weighted by Gasteiger charge is -2.20. The Morgan fingerprint density at radius 3 is 2.58 bits per heavy atom. The smallest absolute Gasteiger partial charge is 0.147 e. The molecule has 108 valence electrons. The minimum absolute atomic E-state index is 0.232. The third-order valence-corrected chi connectivity index (χ3v) is 4.81. The molecule has 0 aliphatic rings. The van der Waals surface area contributed by atoms with Crippen LogP contribution in [0, 0.1) is 0 Å². The third kappa shape index (κ3) is 5.97. The van der Waals surface area contributed by atoms with Gasteiger partial charge in [-0.1, -0.05) is 25.1 Å². The molecular formula is C14H23NO2S2. The van der Waals surface area contributed by atoms with Crippen molar-refractivity contribution in [1.29, 1.82) is 0 Å². The quantitative estimate of drug-likeness (QED) is 0.750. The van der Waals surface area contributed by atoms with Crippen molar-refractivity contribution in [3.63, 3.8) is 0 Å². The van der Waals surface area contributed by atoms with Crippen LogP contribution < -0.4 is 5.32 Å². The summed E-state index contributed by atoms with van der Waals surface area (Å²) in [6, 6.07) is 8.54. The molecule has 0 radical (unpaired) electrons. The number of hydrogen-bond donors (Lipinski definition) is 1. The molecule has 1 atom stereocenters. The first-order valence-electron chi connectivity index (χ1n) is 6.52. The van der Waals surface area contributed by atoms with E-state index in [-0.39, 0.29) is 11.8 Å². The Kier molecular flexibility index (Phi) is 6.89. The highest BCUT2D eigenvalue weighted by Crippen LogP contribution is 2.28. The van der Waals surface area contributed by atoms with Crippen molar-refractivity contribution in [2.75, 3.05) is 24.8 Å². The molecule has 0 saturated heterocycles. The average molecular weight is 301 g/mol. The third-order valence-electron chi connectivity index (χ3n) is 2.97. The van der Waals surface area contributed by atoms with Gasteiger partial charge < -0.3 is 5.32 Å². The van der Waals surface area contributed by atoms with E-state index in [9.17, 15) is 8.42 Å². The van der Waals surface area contributed by atoms with Crippen LogP contribution >= 0.6 is 11.8 Å². The highest BCUT2D eigenvalue weighted by Gasteiger charge is 2.14. The van der Waals surface area contributed by atoms with Crippen molar-refractivity contribution >= 4 is 21.6 Å². The molecule has 0 fully saturated rings. The van der Waals surface area contributed by atoms with E-state index in [1.807, 2.05) is 12.1 Å². The van der Waals surface area contributed by atoms with Crippen LogP contribution in [0.5, 0.6) is 0 Å². The Morgan fingerprint density at radius 1 is 1.32 bits per heavy atom. The topological polar surface area (TPSA) is 46.2 Å². The minimum atomic E-state index is -2.87. The number of thioether (sulfide) groups is 1. The molecule has 19 heavy (non-hydrogen) atoms. The SMILES string of the molecule is CCNC(CCCS(C)(=O)=O)c1ccccc1SC. The average Bonchev–Trinajstić information content (AvgIpc) is 2.36. The molecule has 0 amide bonds. The summed E-state index contributed by atoms with van der Waals surface area (Å²) in [4.78, 5) is 1.26. The van der Waals surface area contributed by atoms with E-state index in [4.69, 9.17) is 0 Å². The maximum Gasteiger partial charge on any atom is 0.147 e. The van der Waals surface area contributed by atoms with Gasteiger partial charge in [0, 0.05) is 22.9 Å². The Bertz CT molecular complexity index is 486. The van der Waals surface area contributed by atoms with Gasteiger partial charge in [-0.2, -0.15) is 0 Å². The molecule has 0 aromatic heterocycles. The van der Waals surface area contributed by atoms with Crippen molar-refractivity contribution in [3.05, 3.63) is 29.8 Å². The van der Waals surface area contributed by atoms with Crippen molar-refractivity contribution in [2.45, 2.75) is 30.7 Å². The number of sulfone groups is 1. The molecule has 1 unspecified atom stereocenters. The van der Waals surface area contributed by atoms with Crippen LogP contribution in [-0.2, 0) is 9.84 Å². The van der Waals surface area contributed by atoms with E-state index < -0.39 is 9.84 Å². The first kappa shape index (κ1) is 16.5. The summed E-state index contributed by atoms with van der Waals surface area (Å²) >= 11 is 1.73. The van der Waals surface area contributed by atoms with E-state index in [2.05, 4.69) is 30.6 Å². The molecule has 1 rings (SSSR count). The predicted molar refractivity (Wildman–Crippen MR) is 83.6 cm³/mol. The molecule has 5 heteroatoms. The van der Waals surface area contributed by atoms with Crippen LogP contribution in [0.4, 0.5) is 0 Å². The van der Waals surface area contributed by atoms with Gasteiger partial charge in [0.2, 0.25) is 0 Å². The zero-order valence-corrected chi connectivity index (χ0v) is 13.5. The molecule has 1 N–H and O–H groups in total. The minimum Gasteiger partial charge on any atom is -0.310 e. The molecule has 1 aromatic carbocycles. The molecule has 1 aromatic rings. The number of nitrogens with one attached hydrogen (secondary N) is 1. The standard InChI is InChI=1S/C14H23NO2S2/c1-4-15-13(9-7-11-19(3,16)17)12-8-5-6-10-14(12)18-2/h5-6,8,10,13,15H,4,7,9,11H2,1-3H3. The lowest BCUT2D eigenvalue weighted by molar-refractivity contribution is 0.501. The fraction of sp³-hybridized carbons (Fsp3) is 0.571. The van der Waals surface area contributed by atoms with Crippen LogP contribution in [0.3, 0.4) is 0 Å².